The molecule has 6 saturated heterocycles. The Kier molecular flexibility index (Phi) is 19.0. The predicted molar refractivity (Wildman–Crippen MR) is 288 cm³/mol. The van der Waals surface area contributed by atoms with E-state index in [2.05, 4.69) is 47.0 Å². The van der Waals surface area contributed by atoms with Crippen molar-refractivity contribution < 1.29 is 90.0 Å². The van der Waals surface area contributed by atoms with Crippen LogP contribution in [0.4, 0.5) is 0 Å². The minimum atomic E-state index is -2.68. The lowest BCUT2D eigenvalue weighted by molar-refractivity contribution is -0.440. The second-order valence-corrected chi connectivity index (χ2v) is 26.5. The average molecular weight is 1130 g/mol. The summed E-state index contributed by atoms with van der Waals surface area (Å²) in [5.41, 5.74) is 2.33. The summed E-state index contributed by atoms with van der Waals surface area (Å²) in [6.45, 7) is 20.1. The lowest BCUT2D eigenvalue weighted by Gasteiger charge is -2.54. The fraction of sp³-hybridized carbons (Fsp3) is 0.517. The van der Waals surface area contributed by atoms with E-state index in [1.807, 2.05) is 91.0 Å². The Balaban J connectivity index is 1.06. The van der Waals surface area contributed by atoms with Crippen molar-refractivity contribution in [3.05, 3.63) is 157 Å². The Morgan fingerprint density at radius 2 is 0.963 bits per heavy atom. The molecular formula is C60H74O19Si. The van der Waals surface area contributed by atoms with Crippen molar-refractivity contribution in [2.45, 2.75) is 157 Å². The molecule has 80 heavy (non-hydrogen) atoms. The van der Waals surface area contributed by atoms with Crippen LogP contribution in [0, 0.1) is 0 Å². The SMILES string of the molecule is C=CCO[C@@H]1[C@@H](OO[Si](C)(C)C(C)(C)C)[C@@H](O[C@H]2[C@@H](O[C@@H]3[C@@H](OC(C)=O)[C@H](Oc4ccc(OC)cc4)O[C@@H]4COC(c5ccccc5)O[C@@H]34)O[C@@H]3COC(c4ccccc4)O[C@H]3[C@@H]2OCC=C)O[C@@H]2COC(c3ccccc3)O[C@@H]12. The summed E-state index contributed by atoms with van der Waals surface area (Å²) >= 11 is 0. The average Bonchev–Trinajstić information content (AvgIpc) is 3.55. The van der Waals surface area contributed by atoms with Crippen molar-refractivity contribution in [3.63, 3.8) is 0 Å². The molecule has 432 valence electrons. The summed E-state index contributed by atoms with van der Waals surface area (Å²) in [4.78, 5) is 20.1. The molecular weight excluding hydrogens is 1050 g/mol. The van der Waals surface area contributed by atoms with E-state index in [1.165, 1.54) is 6.92 Å². The van der Waals surface area contributed by atoms with Crippen LogP contribution in [0.15, 0.2) is 141 Å². The molecule has 10 rings (SSSR count). The summed E-state index contributed by atoms with van der Waals surface area (Å²) < 4.78 is 113. The maximum absolute atomic E-state index is 13.4. The number of carbonyl (C=O) groups excluding carboxylic acids is 1. The van der Waals surface area contributed by atoms with Gasteiger partial charge in [0.15, 0.2) is 43.7 Å². The van der Waals surface area contributed by atoms with Crippen LogP contribution in [0.2, 0.25) is 18.1 Å². The highest BCUT2D eigenvalue weighted by molar-refractivity contribution is 6.73. The minimum absolute atomic E-state index is 0.0379. The number of ether oxygens (including phenoxy) is 16. The van der Waals surface area contributed by atoms with Gasteiger partial charge in [0.25, 0.3) is 0 Å². The number of benzene rings is 4. The zero-order valence-electron chi connectivity index (χ0n) is 46.2. The quantitative estimate of drug-likeness (QED) is 0.0269. The van der Waals surface area contributed by atoms with Crippen LogP contribution in [0.1, 0.15) is 63.3 Å². The molecule has 0 bridgehead atoms. The third-order valence-electron chi connectivity index (χ3n) is 15.2. The van der Waals surface area contributed by atoms with Crippen molar-refractivity contribution in [1.29, 1.82) is 0 Å². The lowest BCUT2D eigenvalue weighted by atomic mass is 9.94. The first kappa shape index (κ1) is 58.3. The van der Waals surface area contributed by atoms with Crippen LogP contribution in [-0.2, 0) is 80.6 Å². The standard InChI is InChI=1S/C60H74O19Si/c1-10-31-63-48-45-42(33-65-54(73-45)37-21-15-12-16-22-37)71-58(76-50-47-44(35-67-56(75-47)39-25-19-14-20-26-39)70-57(52(50)68-36(3)61)69-41-29-27-40(62-7)28-30-41)51(48)77-59-53(78-79-80(8,9)60(4,5)6)49(64-32-11-2)46-43(72-59)34-66-55(74-46)38-23-17-13-18-24-38/h10-30,42-59H,1-2,31-35H2,3-9H3/t42-,43-,44-,45-,46-,47-,48+,49+,50+,51-,52-,53-,54?,55?,56?,57-,58-,59-/m1/s1. The van der Waals surface area contributed by atoms with Crippen LogP contribution < -0.4 is 9.47 Å². The third kappa shape index (κ3) is 13.3. The molecule has 19 nitrogen and oxygen atoms in total. The van der Waals surface area contributed by atoms with E-state index in [0.29, 0.717) is 11.5 Å². The van der Waals surface area contributed by atoms with Gasteiger partial charge in [0.05, 0.1) is 40.1 Å². The number of rotatable bonds is 20. The third-order valence-corrected chi connectivity index (χ3v) is 19.4. The van der Waals surface area contributed by atoms with Crippen molar-refractivity contribution in [1.82, 2.24) is 0 Å². The second-order valence-electron chi connectivity index (χ2n) is 21.8. The molecule has 6 fully saturated rings. The number of hydrogen-bond acceptors (Lipinski definition) is 19. The van der Waals surface area contributed by atoms with Crippen molar-refractivity contribution in [3.8, 4) is 11.5 Å². The molecule has 4 aromatic carbocycles. The number of methoxy groups -OCH3 is 1. The molecule has 3 unspecified atom stereocenters. The van der Waals surface area contributed by atoms with Crippen LogP contribution in [0.5, 0.6) is 11.5 Å². The molecule has 0 spiro atoms. The van der Waals surface area contributed by atoms with Gasteiger partial charge < -0.3 is 75.8 Å². The topological polar surface area (TPSA) is 183 Å². The molecule has 0 saturated carbocycles. The monoisotopic (exact) mass is 1130 g/mol. The van der Waals surface area contributed by atoms with Gasteiger partial charge in [0, 0.05) is 23.6 Å². The molecule has 6 aliphatic heterocycles. The largest absolute Gasteiger partial charge is 0.497 e. The highest BCUT2D eigenvalue weighted by Crippen LogP contribution is 2.45. The van der Waals surface area contributed by atoms with E-state index >= 15 is 0 Å². The Morgan fingerprint density at radius 3 is 1.40 bits per heavy atom. The van der Waals surface area contributed by atoms with E-state index in [1.54, 1.807) is 43.5 Å². The smallest absolute Gasteiger partial charge is 0.303 e. The number of esters is 1. The molecule has 0 aromatic heterocycles. The van der Waals surface area contributed by atoms with Crippen LogP contribution in [0.25, 0.3) is 0 Å². The van der Waals surface area contributed by atoms with Crippen LogP contribution in [0.3, 0.4) is 0 Å². The number of hydrogen-bond donors (Lipinski definition) is 0. The van der Waals surface area contributed by atoms with E-state index < -0.39 is 125 Å². The molecule has 6 aliphatic rings. The normalized spacial score (nSPS) is 34.4. The Hall–Kier alpha value is -4.95. The second kappa shape index (κ2) is 26.1. The lowest BCUT2D eigenvalue weighted by Crippen LogP contribution is -2.70. The van der Waals surface area contributed by atoms with Crippen molar-refractivity contribution >= 4 is 14.3 Å². The van der Waals surface area contributed by atoms with Gasteiger partial charge in [-0.25, -0.2) is 4.89 Å². The Morgan fingerprint density at radius 1 is 0.550 bits per heavy atom. The molecule has 0 radical (unpaired) electrons. The first-order valence-electron chi connectivity index (χ1n) is 27.2. The van der Waals surface area contributed by atoms with Gasteiger partial charge in [-0.3, -0.25) is 9.37 Å². The Labute approximate surface area is 468 Å². The molecule has 0 N–H and O–H groups in total. The maximum atomic E-state index is 13.4. The van der Waals surface area contributed by atoms with E-state index in [-0.39, 0.29) is 38.1 Å². The molecule has 0 aliphatic carbocycles. The molecule has 20 heteroatoms. The zero-order chi connectivity index (χ0) is 56.0. The molecule has 18 atom stereocenters. The van der Waals surface area contributed by atoms with E-state index in [4.69, 9.17) is 85.3 Å². The van der Waals surface area contributed by atoms with Crippen molar-refractivity contribution in [2.24, 2.45) is 0 Å². The highest BCUT2D eigenvalue weighted by atomic mass is 28.4. The molecule has 6 heterocycles. The van der Waals surface area contributed by atoms with Gasteiger partial charge in [-0.1, -0.05) is 124 Å². The first-order valence-corrected chi connectivity index (χ1v) is 30.1. The van der Waals surface area contributed by atoms with E-state index in [9.17, 15) is 4.79 Å². The van der Waals surface area contributed by atoms with Gasteiger partial charge >= 0.3 is 5.97 Å². The van der Waals surface area contributed by atoms with Gasteiger partial charge in [-0.2, -0.15) is 0 Å². The van der Waals surface area contributed by atoms with Crippen LogP contribution >= 0.6 is 0 Å². The first-order chi connectivity index (χ1) is 38.7. The predicted octanol–water partition coefficient (Wildman–Crippen LogP) is 8.76. The summed E-state index contributed by atoms with van der Waals surface area (Å²) in [6.07, 6.45) is -15.0. The maximum Gasteiger partial charge on any atom is 0.303 e. The van der Waals surface area contributed by atoms with Crippen LogP contribution in [-0.4, -0.2) is 147 Å². The zero-order valence-corrected chi connectivity index (χ0v) is 47.2. The van der Waals surface area contributed by atoms with Gasteiger partial charge in [0.1, 0.15) is 72.5 Å². The number of fused-ring (bicyclic) bond motifs is 3. The van der Waals surface area contributed by atoms with E-state index in [0.717, 1.165) is 16.7 Å². The number of carbonyl (C=O) groups is 1. The highest BCUT2D eigenvalue weighted by Gasteiger charge is 2.61. The minimum Gasteiger partial charge on any atom is -0.497 e. The molecule has 4 aromatic rings. The van der Waals surface area contributed by atoms with Gasteiger partial charge in [-0.05, 0) is 42.4 Å². The summed E-state index contributed by atoms with van der Waals surface area (Å²) in [6, 6.07) is 35.6. The Bertz CT molecular complexity index is 2610. The van der Waals surface area contributed by atoms with Crippen molar-refractivity contribution in [2.75, 3.05) is 40.1 Å². The summed E-state index contributed by atoms with van der Waals surface area (Å²) in [7, 11) is -1.11. The van der Waals surface area contributed by atoms with Gasteiger partial charge in [0.2, 0.25) is 14.6 Å². The fourth-order valence-electron chi connectivity index (χ4n) is 10.1. The van der Waals surface area contributed by atoms with Gasteiger partial charge in [-0.15, -0.1) is 13.2 Å². The summed E-state index contributed by atoms with van der Waals surface area (Å²) in [5.74, 6) is 0.354. The molecule has 0 amide bonds. The fourth-order valence-corrected chi connectivity index (χ4v) is 10.7. The summed E-state index contributed by atoms with van der Waals surface area (Å²) in [5, 5.41) is -0.280.